The number of carbonyl (C=O) groups is 1. The van der Waals surface area contributed by atoms with Crippen LogP contribution in [0.4, 0.5) is 0 Å². The summed E-state index contributed by atoms with van der Waals surface area (Å²) in [5, 5.41) is 16.4. The maximum atomic E-state index is 10.7. The minimum Gasteiger partial charge on any atom is -0.481 e. The van der Waals surface area contributed by atoms with E-state index < -0.39 is 5.97 Å². The minimum absolute atomic E-state index is 0.233. The van der Waals surface area contributed by atoms with Crippen LogP contribution in [0, 0.1) is 6.92 Å². The standard InChI is InChI=1S/C12H19N3O3/c1-9-11(14-18-13-9)8-15-7-3-2-4-10(15)5-6-12(16)17/h10H,2-8H2,1H3,(H,16,17). The maximum absolute atomic E-state index is 10.7. The summed E-state index contributed by atoms with van der Waals surface area (Å²) in [6.07, 6.45) is 4.35. The monoisotopic (exact) mass is 253 g/mol. The number of hydrogen-bond acceptors (Lipinski definition) is 5. The summed E-state index contributed by atoms with van der Waals surface area (Å²) >= 11 is 0. The number of nitrogens with zero attached hydrogens (tertiary/aromatic N) is 3. The van der Waals surface area contributed by atoms with E-state index in [4.69, 9.17) is 9.74 Å². The second-order valence-corrected chi connectivity index (χ2v) is 4.85. The fraction of sp³-hybridized carbons (Fsp3) is 0.750. The second-order valence-electron chi connectivity index (χ2n) is 4.85. The third-order valence-corrected chi connectivity index (χ3v) is 3.54. The van der Waals surface area contributed by atoms with Crippen molar-refractivity contribution < 1.29 is 14.5 Å². The van der Waals surface area contributed by atoms with Gasteiger partial charge in [-0.25, -0.2) is 4.63 Å². The van der Waals surface area contributed by atoms with Gasteiger partial charge in [0.05, 0.1) is 0 Å². The molecule has 1 aliphatic heterocycles. The van der Waals surface area contributed by atoms with Crippen molar-refractivity contribution in [3.8, 4) is 0 Å². The lowest BCUT2D eigenvalue weighted by molar-refractivity contribution is -0.137. The van der Waals surface area contributed by atoms with E-state index in [1.807, 2.05) is 6.92 Å². The van der Waals surface area contributed by atoms with Gasteiger partial charge in [-0.15, -0.1) is 0 Å². The summed E-state index contributed by atoms with van der Waals surface area (Å²) in [4.78, 5) is 13.0. The maximum Gasteiger partial charge on any atom is 0.303 e. The van der Waals surface area contributed by atoms with E-state index in [1.165, 1.54) is 6.42 Å². The van der Waals surface area contributed by atoms with Crippen LogP contribution < -0.4 is 0 Å². The molecule has 18 heavy (non-hydrogen) atoms. The molecule has 6 heteroatoms. The lowest BCUT2D eigenvalue weighted by Gasteiger charge is -2.35. The molecule has 1 atom stereocenters. The molecular formula is C12H19N3O3. The van der Waals surface area contributed by atoms with Crippen LogP contribution >= 0.6 is 0 Å². The quantitative estimate of drug-likeness (QED) is 0.858. The summed E-state index contributed by atoms with van der Waals surface area (Å²) in [7, 11) is 0. The molecule has 2 rings (SSSR count). The molecule has 1 saturated heterocycles. The van der Waals surface area contributed by atoms with E-state index in [9.17, 15) is 4.79 Å². The topological polar surface area (TPSA) is 79.5 Å². The summed E-state index contributed by atoms with van der Waals surface area (Å²) in [6, 6.07) is 0.339. The van der Waals surface area contributed by atoms with Crippen LogP contribution in [0.2, 0.25) is 0 Å². The van der Waals surface area contributed by atoms with E-state index >= 15 is 0 Å². The van der Waals surface area contributed by atoms with Gasteiger partial charge in [0.15, 0.2) is 0 Å². The van der Waals surface area contributed by atoms with Crippen LogP contribution in [-0.4, -0.2) is 38.9 Å². The Hall–Kier alpha value is -1.43. The number of carboxylic acid groups (broad SMARTS) is 1. The summed E-state index contributed by atoms with van der Waals surface area (Å²) in [5.41, 5.74) is 1.68. The lowest BCUT2D eigenvalue weighted by Crippen LogP contribution is -2.39. The fourth-order valence-electron chi connectivity index (χ4n) is 2.47. The number of carboxylic acids is 1. The van der Waals surface area contributed by atoms with Gasteiger partial charge in [0, 0.05) is 19.0 Å². The van der Waals surface area contributed by atoms with Gasteiger partial charge in [-0.2, -0.15) is 0 Å². The third kappa shape index (κ3) is 3.29. The highest BCUT2D eigenvalue weighted by molar-refractivity contribution is 5.66. The van der Waals surface area contributed by atoms with Crippen molar-refractivity contribution in [2.75, 3.05) is 6.54 Å². The highest BCUT2D eigenvalue weighted by Crippen LogP contribution is 2.23. The molecule has 0 amide bonds. The Bertz CT molecular complexity index is 405. The van der Waals surface area contributed by atoms with Gasteiger partial charge in [0.1, 0.15) is 11.4 Å². The van der Waals surface area contributed by atoms with Gasteiger partial charge < -0.3 is 5.11 Å². The number of aliphatic carboxylic acids is 1. The molecule has 0 aliphatic carbocycles. The van der Waals surface area contributed by atoms with Crippen LogP contribution in [-0.2, 0) is 11.3 Å². The predicted octanol–water partition coefficient (Wildman–Crippen LogP) is 1.60. The van der Waals surface area contributed by atoms with Crippen LogP contribution in [0.25, 0.3) is 0 Å². The van der Waals surface area contributed by atoms with Crippen LogP contribution in [0.15, 0.2) is 4.63 Å². The Morgan fingerprint density at radius 3 is 3.00 bits per heavy atom. The van der Waals surface area contributed by atoms with E-state index in [2.05, 4.69) is 15.2 Å². The molecule has 1 N–H and O–H groups in total. The van der Waals surface area contributed by atoms with Crippen LogP contribution in [0.5, 0.6) is 0 Å². The molecule has 1 unspecified atom stereocenters. The normalized spacial score (nSPS) is 21.1. The molecule has 100 valence electrons. The van der Waals surface area contributed by atoms with Crippen LogP contribution in [0.3, 0.4) is 0 Å². The molecule has 0 saturated carbocycles. The van der Waals surface area contributed by atoms with E-state index in [-0.39, 0.29) is 6.42 Å². The van der Waals surface area contributed by atoms with Gasteiger partial charge >= 0.3 is 5.97 Å². The highest BCUT2D eigenvalue weighted by Gasteiger charge is 2.24. The molecule has 0 radical (unpaired) electrons. The number of aryl methyl sites for hydroxylation is 1. The first-order valence-electron chi connectivity index (χ1n) is 6.40. The number of piperidine rings is 1. The molecule has 2 heterocycles. The van der Waals surface area contributed by atoms with Gasteiger partial charge in [0.2, 0.25) is 0 Å². The first kappa shape index (κ1) is 13.0. The van der Waals surface area contributed by atoms with Crippen molar-refractivity contribution >= 4 is 5.97 Å². The van der Waals surface area contributed by atoms with E-state index in [0.717, 1.165) is 30.8 Å². The van der Waals surface area contributed by atoms with Crippen molar-refractivity contribution in [2.24, 2.45) is 0 Å². The average Bonchev–Trinajstić information content (AvgIpc) is 2.74. The lowest BCUT2D eigenvalue weighted by atomic mass is 9.97. The molecule has 6 nitrogen and oxygen atoms in total. The molecule has 1 aromatic heterocycles. The van der Waals surface area contributed by atoms with Gasteiger partial charge in [-0.3, -0.25) is 9.69 Å². The van der Waals surface area contributed by atoms with Crippen molar-refractivity contribution in [1.29, 1.82) is 0 Å². The summed E-state index contributed by atoms with van der Waals surface area (Å²) in [5.74, 6) is -0.722. The van der Waals surface area contributed by atoms with Crippen molar-refractivity contribution in [3.05, 3.63) is 11.4 Å². The second kappa shape index (κ2) is 5.95. The largest absolute Gasteiger partial charge is 0.481 e. The molecule has 1 fully saturated rings. The minimum atomic E-state index is -0.722. The first-order valence-corrected chi connectivity index (χ1v) is 6.40. The zero-order chi connectivity index (χ0) is 13.0. The number of aromatic nitrogens is 2. The number of hydrogen-bond donors (Lipinski definition) is 1. The van der Waals surface area contributed by atoms with E-state index in [0.29, 0.717) is 19.0 Å². The Labute approximate surface area is 106 Å². The third-order valence-electron chi connectivity index (χ3n) is 3.54. The predicted molar refractivity (Wildman–Crippen MR) is 64.0 cm³/mol. The summed E-state index contributed by atoms with van der Waals surface area (Å²) < 4.78 is 4.70. The fourth-order valence-corrected chi connectivity index (χ4v) is 2.47. The van der Waals surface area contributed by atoms with Gasteiger partial charge in [-0.1, -0.05) is 16.7 Å². The molecule has 0 spiro atoms. The SMILES string of the molecule is Cc1nonc1CN1CCCCC1CCC(=O)O. The Morgan fingerprint density at radius 2 is 2.33 bits per heavy atom. The Balaban J connectivity index is 1.95. The van der Waals surface area contributed by atoms with E-state index in [1.54, 1.807) is 0 Å². The zero-order valence-corrected chi connectivity index (χ0v) is 10.6. The average molecular weight is 253 g/mol. The molecule has 1 aromatic rings. The molecule has 0 bridgehead atoms. The van der Waals surface area contributed by atoms with Gasteiger partial charge in [0.25, 0.3) is 0 Å². The Morgan fingerprint density at radius 1 is 1.50 bits per heavy atom. The van der Waals surface area contributed by atoms with Crippen molar-refractivity contribution in [3.63, 3.8) is 0 Å². The Kier molecular flexibility index (Phi) is 4.30. The molecule has 1 aliphatic rings. The summed E-state index contributed by atoms with van der Waals surface area (Å²) in [6.45, 7) is 3.58. The number of likely N-dealkylation sites (tertiary alicyclic amines) is 1. The zero-order valence-electron chi connectivity index (χ0n) is 10.6. The smallest absolute Gasteiger partial charge is 0.303 e. The van der Waals surface area contributed by atoms with Crippen molar-refractivity contribution in [2.45, 2.75) is 51.6 Å². The first-order chi connectivity index (χ1) is 8.66. The molecular weight excluding hydrogens is 234 g/mol. The number of rotatable bonds is 5. The highest BCUT2D eigenvalue weighted by atomic mass is 16.6. The van der Waals surface area contributed by atoms with Gasteiger partial charge in [-0.05, 0) is 32.7 Å². The van der Waals surface area contributed by atoms with Crippen molar-refractivity contribution in [1.82, 2.24) is 15.2 Å². The molecule has 0 aromatic carbocycles. The van der Waals surface area contributed by atoms with Crippen LogP contribution in [0.1, 0.15) is 43.5 Å².